The molecule has 4 nitrogen and oxygen atoms in total. The standard InChI is InChI=1S/C24H30Cl2N2O2/c1-4-22(24(30)27-16-17(2)3)28(14-13-18-9-6-5-7-10-18)23(29)15-19-20(25)11-8-12-21(19)26/h5-12,17,22H,4,13-16H2,1-3H3,(H,27,30)/t22-/m1/s1. The van der Waals surface area contributed by atoms with Crippen molar-refractivity contribution < 1.29 is 9.59 Å². The first-order valence-electron chi connectivity index (χ1n) is 10.4. The minimum atomic E-state index is -0.541. The maximum absolute atomic E-state index is 13.3. The summed E-state index contributed by atoms with van der Waals surface area (Å²) in [5, 5.41) is 3.88. The Balaban J connectivity index is 2.24. The first kappa shape index (κ1) is 24.2. The van der Waals surface area contributed by atoms with Gasteiger partial charge < -0.3 is 10.2 Å². The largest absolute Gasteiger partial charge is 0.354 e. The van der Waals surface area contributed by atoms with Crippen LogP contribution in [0.25, 0.3) is 0 Å². The lowest BCUT2D eigenvalue weighted by molar-refractivity contribution is -0.140. The number of hydrogen-bond donors (Lipinski definition) is 1. The highest BCUT2D eigenvalue weighted by Crippen LogP contribution is 2.25. The number of nitrogens with one attached hydrogen (secondary N) is 1. The van der Waals surface area contributed by atoms with Gasteiger partial charge in [-0.2, -0.15) is 0 Å². The molecule has 6 heteroatoms. The summed E-state index contributed by atoms with van der Waals surface area (Å²) in [4.78, 5) is 27.8. The highest BCUT2D eigenvalue weighted by molar-refractivity contribution is 6.36. The molecule has 0 aliphatic rings. The van der Waals surface area contributed by atoms with Crippen LogP contribution in [0, 0.1) is 5.92 Å². The smallest absolute Gasteiger partial charge is 0.242 e. The minimum Gasteiger partial charge on any atom is -0.354 e. The van der Waals surface area contributed by atoms with E-state index in [0.29, 0.717) is 47.5 Å². The zero-order valence-corrected chi connectivity index (χ0v) is 19.3. The van der Waals surface area contributed by atoms with Crippen molar-refractivity contribution in [1.82, 2.24) is 10.2 Å². The van der Waals surface area contributed by atoms with Gasteiger partial charge in [-0.25, -0.2) is 0 Å². The van der Waals surface area contributed by atoms with Gasteiger partial charge in [-0.1, -0.05) is 80.4 Å². The zero-order valence-electron chi connectivity index (χ0n) is 17.8. The van der Waals surface area contributed by atoms with E-state index in [-0.39, 0.29) is 18.2 Å². The van der Waals surface area contributed by atoms with Gasteiger partial charge in [0.05, 0.1) is 6.42 Å². The Bertz CT molecular complexity index is 820. The van der Waals surface area contributed by atoms with Gasteiger partial charge in [-0.05, 0) is 42.0 Å². The molecule has 2 aromatic rings. The molecule has 1 N–H and O–H groups in total. The summed E-state index contributed by atoms with van der Waals surface area (Å²) >= 11 is 12.6. The number of rotatable bonds is 10. The molecule has 0 spiro atoms. The highest BCUT2D eigenvalue weighted by atomic mass is 35.5. The Hall–Kier alpha value is -2.04. The van der Waals surface area contributed by atoms with Crippen LogP contribution in [0.5, 0.6) is 0 Å². The Morgan fingerprint density at radius 1 is 1.00 bits per heavy atom. The topological polar surface area (TPSA) is 49.4 Å². The lowest BCUT2D eigenvalue weighted by Crippen LogP contribution is -2.51. The maximum Gasteiger partial charge on any atom is 0.242 e. The Kier molecular flexibility index (Phi) is 9.67. The quantitative estimate of drug-likeness (QED) is 0.545. The number of nitrogens with zero attached hydrogens (tertiary/aromatic N) is 1. The van der Waals surface area contributed by atoms with Crippen LogP contribution in [0.1, 0.15) is 38.3 Å². The van der Waals surface area contributed by atoms with Crippen LogP contribution in [0.15, 0.2) is 48.5 Å². The third-order valence-corrected chi connectivity index (χ3v) is 5.65. The molecular weight excluding hydrogens is 419 g/mol. The lowest BCUT2D eigenvalue weighted by Gasteiger charge is -2.31. The maximum atomic E-state index is 13.3. The molecule has 0 heterocycles. The fourth-order valence-corrected chi connectivity index (χ4v) is 3.80. The second kappa shape index (κ2) is 12.0. The Labute approximate surface area is 189 Å². The van der Waals surface area contributed by atoms with Crippen LogP contribution in [0.4, 0.5) is 0 Å². The molecule has 0 saturated heterocycles. The van der Waals surface area contributed by atoms with Crippen molar-refractivity contribution in [3.05, 3.63) is 69.7 Å². The van der Waals surface area contributed by atoms with Crippen molar-refractivity contribution in [3.63, 3.8) is 0 Å². The van der Waals surface area contributed by atoms with E-state index in [1.54, 1.807) is 23.1 Å². The molecule has 30 heavy (non-hydrogen) atoms. The van der Waals surface area contributed by atoms with Gasteiger partial charge in [0.1, 0.15) is 6.04 Å². The molecular formula is C24H30Cl2N2O2. The van der Waals surface area contributed by atoms with Crippen molar-refractivity contribution in [2.75, 3.05) is 13.1 Å². The van der Waals surface area contributed by atoms with Crippen molar-refractivity contribution in [2.24, 2.45) is 5.92 Å². The van der Waals surface area contributed by atoms with Gasteiger partial charge in [0.15, 0.2) is 0 Å². The Morgan fingerprint density at radius 2 is 1.63 bits per heavy atom. The first-order valence-corrected chi connectivity index (χ1v) is 11.1. The number of carbonyl (C=O) groups is 2. The second-order valence-electron chi connectivity index (χ2n) is 7.76. The summed E-state index contributed by atoms with van der Waals surface area (Å²) in [5.41, 5.74) is 1.71. The molecule has 2 aromatic carbocycles. The van der Waals surface area contributed by atoms with E-state index in [1.807, 2.05) is 51.1 Å². The Morgan fingerprint density at radius 3 is 2.20 bits per heavy atom. The predicted molar refractivity (Wildman–Crippen MR) is 124 cm³/mol. The van der Waals surface area contributed by atoms with E-state index in [9.17, 15) is 9.59 Å². The normalized spacial score (nSPS) is 11.9. The lowest BCUT2D eigenvalue weighted by atomic mass is 10.1. The molecule has 0 unspecified atom stereocenters. The van der Waals surface area contributed by atoms with Crippen LogP contribution in [-0.2, 0) is 22.4 Å². The summed E-state index contributed by atoms with van der Waals surface area (Å²) < 4.78 is 0. The van der Waals surface area contributed by atoms with Crippen molar-refractivity contribution in [2.45, 2.75) is 46.1 Å². The molecule has 1 atom stereocenters. The zero-order chi connectivity index (χ0) is 22.1. The molecule has 0 saturated carbocycles. The highest BCUT2D eigenvalue weighted by Gasteiger charge is 2.29. The fourth-order valence-electron chi connectivity index (χ4n) is 3.27. The summed E-state index contributed by atoms with van der Waals surface area (Å²) in [6, 6.07) is 14.6. The van der Waals surface area contributed by atoms with Crippen molar-refractivity contribution in [3.8, 4) is 0 Å². The van der Waals surface area contributed by atoms with Crippen LogP contribution in [0.3, 0.4) is 0 Å². The summed E-state index contributed by atoms with van der Waals surface area (Å²) in [6.45, 7) is 7.02. The van der Waals surface area contributed by atoms with Gasteiger partial charge >= 0.3 is 0 Å². The summed E-state index contributed by atoms with van der Waals surface area (Å²) in [5.74, 6) is 0.0483. The van der Waals surface area contributed by atoms with Gasteiger partial charge in [0.25, 0.3) is 0 Å². The number of hydrogen-bond acceptors (Lipinski definition) is 2. The molecule has 2 rings (SSSR count). The molecule has 0 aliphatic carbocycles. The third-order valence-electron chi connectivity index (χ3n) is 4.94. The third kappa shape index (κ3) is 7.03. The van der Waals surface area contributed by atoms with Crippen LogP contribution in [0.2, 0.25) is 10.0 Å². The monoisotopic (exact) mass is 448 g/mol. The molecule has 0 aliphatic heterocycles. The summed E-state index contributed by atoms with van der Waals surface area (Å²) in [6.07, 6.45) is 1.25. The molecule has 0 aromatic heterocycles. The van der Waals surface area contributed by atoms with E-state index in [4.69, 9.17) is 23.2 Å². The van der Waals surface area contributed by atoms with E-state index in [2.05, 4.69) is 5.32 Å². The first-order chi connectivity index (χ1) is 14.3. The van der Waals surface area contributed by atoms with E-state index in [1.165, 1.54) is 0 Å². The molecule has 162 valence electrons. The van der Waals surface area contributed by atoms with Gasteiger partial charge in [0, 0.05) is 23.1 Å². The molecule has 0 fully saturated rings. The van der Waals surface area contributed by atoms with E-state index >= 15 is 0 Å². The minimum absolute atomic E-state index is 0.0568. The molecule has 0 radical (unpaired) electrons. The number of halogens is 2. The number of amides is 2. The number of carbonyl (C=O) groups excluding carboxylic acids is 2. The average molecular weight is 449 g/mol. The molecule has 2 amide bonds. The van der Waals surface area contributed by atoms with E-state index in [0.717, 1.165) is 5.56 Å². The average Bonchev–Trinajstić information content (AvgIpc) is 2.72. The fraction of sp³-hybridized carbons (Fsp3) is 0.417. The van der Waals surface area contributed by atoms with Crippen molar-refractivity contribution >= 4 is 35.0 Å². The SMILES string of the molecule is CC[C@H](C(=O)NCC(C)C)N(CCc1ccccc1)C(=O)Cc1c(Cl)cccc1Cl. The van der Waals surface area contributed by atoms with Gasteiger partial charge in [0.2, 0.25) is 11.8 Å². The van der Waals surface area contributed by atoms with Crippen LogP contribution in [-0.4, -0.2) is 35.8 Å². The summed E-state index contributed by atoms with van der Waals surface area (Å²) in [7, 11) is 0. The van der Waals surface area contributed by atoms with Gasteiger partial charge in [-0.3, -0.25) is 9.59 Å². The predicted octanol–water partition coefficient (Wildman–Crippen LogP) is 5.16. The molecule has 0 bridgehead atoms. The number of benzene rings is 2. The van der Waals surface area contributed by atoms with E-state index < -0.39 is 6.04 Å². The van der Waals surface area contributed by atoms with Crippen LogP contribution >= 0.6 is 23.2 Å². The second-order valence-corrected chi connectivity index (χ2v) is 8.58. The van der Waals surface area contributed by atoms with Crippen molar-refractivity contribution in [1.29, 1.82) is 0 Å². The van der Waals surface area contributed by atoms with Crippen LogP contribution < -0.4 is 5.32 Å². The van der Waals surface area contributed by atoms with Gasteiger partial charge in [-0.15, -0.1) is 0 Å².